The third kappa shape index (κ3) is 4.09. The van der Waals surface area contributed by atoms with Gasteiger partial charge in [0.05, 0.1) is 12.3 Å². The van der Waals surface area contributed by atoms with Crippen LogP contribution in [-0.4, -0.2) is 24.5 Å². The second kappa shape index (κ2) is 8.18. The van der Waals surface area contributed by atoms with Crippen LogP contribution in [0.2, 0.25) is 0 Å². The summed E-state index contributed by atoms with van der Waals surface area (Å²) < 4.78 is 6.48. The molecule has 1 aliphatic rings. The topological polar surface area (TPSA) is 75.7 Å². The molecule has 1 aliphatic heterocycles. The number of benzene rings is 2. The first-order chi connectivity index (χ1) is 13.0. The lowest BCUT2D eigenvalue weighted by Gasteiger charge is -2.26. The van der Waals surface area contributed by atoms with Crippen LogP contribution in [0.15, 0.2) is 58.6 Å². The second-order valence-electron chi connectivity index (χ2n) is 5.82. The Hall–Kier alpha value is -2.93. The molecule has 0 radical (unpaired) electrons. The number of nitrogens with zero attached hydrogens (tertiary/aromatic N) is 1. The molecule has 0 spiro atoms. The molecule has 0 atom stereocenters. The number of hydrogen-bond donors (Lipinski definition) is 1. The van der Waals surface area contributed by atoms with Gasteiger partial charge in [-0.25, -0.2) is 9.69 Å². The van der Waals surface area contributed by atoms with Crippen LogP contribution >= 0.6 is 15.9 Å². The number of urea groups is 1. The fourth-order valence-electron chi connectivity index (χ4n) is 2.58. The van der Waals surface area contributed by atoms with E-state index in [0.29, 0.717) is 23.6 Å². The van der Waals surface area contributed by atoms with Crippen molar-refractivity contribution in [3.8, 4) is 5.75 Å². The summed E-state index contributed by atoms with van der Waals surface area (Å²) in [5.41, 5.74) is 0.828. The largest absolute Gasteiger partial charge is 0.493 e. The van der Waals surface area contributed by atoms with Crippen molar-refractivity contribution in [2.24, 2.45) is 0 Å². The number of halogens is 1. The van der Waals surface area contributed by atoms with E-state index in [1.165, 1.54) is 6.08 Å². The molecular formula is C20H17BrN2O4. The molecule has 0 bridgehead atoms. The fraction of sp³-hybridized carbons (Fsp3) is 0.150. The summed E-state index contributed by atoms with van der Waals surface area (Å²) in [4.78, 5) is 38.3. The summed E-state index contributed by atoms with van der Waals surface area (Å²) in [6, 6.07) is 13.0. The highest BCUT2D eigenvalue weighted by Gasteiger charge is 2.36. The first-order valence-electron chi connectivity index (χ1n) is 8.40. The number of barbiturate groups is 1. The Kier molecular flexibility index (Phi) is 5.71. The number of carbonyl (C=O) groups is 3. The van der Waals surface area contributed by atoms with E-state index in [9.17, 15) is 14.4 Å². The first kappa shape index (κ1) is 18.8. The summed E-state index contributed by atoms with van der Waals surface area (Å²) in [5.74, 6) is -0.848. The lowest BCUT2D eigenvalue weighted by Crippen LogP contribution is -2.54. The van der Waals surface area contributed by atoms with Crippen molar-refractivity contribution >= 4 is 45.5 Å². The Morgan fingerprint density at radius 2 is 1.78 bits per heavy atom. The summed E-state index contributed by atoms with van der Waals surface area (Å²) in [5, 5.41) is 2.21. The Labute approximate surface area is 164 Å². The van der Waals surface area contributed by atoms with Crippen molar-refractivity contribution in [3.63, 3.8) is 0 Å². The molecule has 0 saturated carbocycles. The number of amides is 4. The van der Waals surface area contributed by atoms with Crippen LogP contribution in [0.4, 0.5) is 10.5 Å². The number of anilines is 1. The molecule has 3 rings (SSSR count). The van der Waals surface area contributed by atoms with Gasteiger partial charge in [-0.3, -0.25) is 14.9 Å². The molecular weight excluding hydrogens is 412 g/mol. The number of hydrogen-bond acceptors (Lipinski definition) is 4. The predicted molar refractivity (Wildman–Crippen MR) is 105 cm³/mol. The maximum Gasteiger partial charge on any atom is 0.335 e. The molecule has 6 nitrogen and oxygen atoms in total. The van der Waals surface area contributed by atoms with Crippen molar-refractivity contribution in [1.29, 1.82) is 0 Å². The number of imide groups is 2. The lowest BCUT2D eigenvalue weighted by atomic mass is 10.1. The van der Waals surface area contributed by atoms with Gasteiger partial charge >= 0.3 is 6.03 Å². The van der Waals surface area contributed by atoms with Gasteiger partial charge in [0.2, 0.25) is 0 Å². The quantitative estimate of drug-likeness (QED) is 0.578. The van der Waals surface area contributed by atoms with E-state index in [-0.39, 0.29) is 5.57 Å². The molecule has 4 amide bonds. The molecule has 0 unspecified atom stereocenters. The zero-order valence-electron chi connectivity index (χ0n) is 14.6. The van der Waals surface area contributed by atoms with Gasteiger partial charge in [0.25, 0.3) is 11.8 Å². The summed E-state index contributed by atoms with van der Waals surface area (Å²) in [7, 11) is 0. The van der Waals surface area contributed by atoms with E-state index in [1.807, 2.05) is 13.0 Å². The molecule has 1 N–H and O–H groups in total. The highest BCUT2D eigenvalue weighted by atomic mass is 79.9. The molecule has 1 fully saturated rings. The van der Waals surface area contributed by atoms with E-state index in [1.54, 1.807) is 42.5 Å². The zero-order chi connectivity index (χ0) is 19.4. The Balaban J connectivity index is 1.99. The van der Waals surface area contributed by atoms with Crippen LogP contribution in [0, 0.1) is 0 Å². The summed E-state index contributed by atoms with van der Waals surface area (Å²) in [6.07, 6.45) is 2.27. The average Bonchev–Trinajstić information content (AvgIpc) is 2.65. The minimum Gasteiger partial charge on any atom is -0.493 e. The Bertz CT molecular complexity index is 922. The smallest absolute Gasteiger partial charge is 0.335 e. The maximum absolute atomic E-state index is 12.9. The minimum atomic E-state index is -0.778. The second-order valence-corrected chi connectivity index (χ2v) is 6.74. The van der Waals surface area contributed by atoms with Gasteiger partial charge in [-0.15, -0.1) is 0 Å². The molecule has 2 aromatic rings. The molecule has 1 heterocycles. The van der Waals surface area contributed by atoms with Gasteiger partial charge in [-0.05, 0) is 42.8 Å². The number of ether oxygens (including phenoxy) is 1. The molecule has 0 aromatic heterocycles. The van der Waals surface area contributed by atoms with Crippen molar-refractivity contribution in [2.75, 3.05) is 11.5 Å². The highest BCUT2D eigenvalue weighted by molar-refractivity contribution is 9.10. The van der Waals surface area contributed by atoms with Crippen LogP contribution in [0.1, 0.15) is 18.9 Å². The zero-order valence-corrected chi connectivity index (χ0v) is 16.2. The third-order valence-corrected chi connectivity index (χ3v) is 4.40. The fourth-order valence-corrected chi connectivity index (χ4v) is 2.85. The van der Waals surface area contributed by atoms with Crippen LogP contribution in [0.3, 0.4) is 0 Å². The molecule has 138 valence electrons. The molecule has 2 aromatic carbocycles. The lowest BCUT2D eigenvalue weighted by molar-refractivity contribution is -0.122. The van der Waals surface area contributed by atoms with Crippen LogP contribution < -0.4 is 15.0 Å². The van der Waals surface area contributed by atoms with Crippen LogP contribution in [0.5, 0.6) is 5.75 Å². The first-order valence-corrected chi connectivity index (χ1v) is 9.19. The van der Waals surface area contributed by atoms with Crippen molar-refractivity contribution in [2.45, 2.75) is 13.3 Å². The third-order valence-electron chi connectivity index (χ3n) is 3.87. The minimum absolute atomic E-state index is 0.134. The number of carbonyl (C=O) groups excluding carboxylic acids is 3. The van der Waals surface area contributed by atoms with E-state index in [2.05, 4.69) is 21.2 Å². The number of nitrogens with one attached hydrogen (secondary N) is 1. The Morgan fingerprint density at radius 3 is 2.48 bits per heavy atom. The van der Waals surface area contributed by atoms with Gasteiger partial charge in [-0.2, -0.15) is 0 Å². The molecule has 0 aliphatic carbocycles. The highest BCUT2D eigenvalue weighted by Crippen LogP contribution is 2.26. The predicted octanol–water partition coefficient (Wildman–Crippen LogP) is 3.90. The monoisotopic (exact) mass is 428 g/mol. The average molecular weight is 429 g/mol. The SMILES string of the molecule is CCCOc1ccccc1/C=C1\C(=O)NC(=O)N(c2ccc(Br)cc2)C1=O. The van der Waals surface area contributed by atoms with Gasteiger partial charge in [0.15, 0.2) is 0 Å². The summed E-state index contributed by atoms with van der Waals surface area (Å²) in [6.45, 7) is 2.50. The number of rotatable bonds is 5. The van der Waals surface area contributed by atoms with Crippen LogP contribution in [-0.2, 0) is 9.59 Å². The molecule has 27 heavy (non-hydrogen) atoms. The van der Waals surface area contributed by atoms with Gasteiger partial charge in [0.1, 0.15) is 11.3 Å². The van der Waals surface area contributed by atoms with Crippen molar-refractivity contribution in [3.05, 3.63) is 64.1 Å². The van der Waals surface area contributed by atoms with Crippen molar-refractivity contribution in [1.82, 2.24) is 5.32 Å². The van der Waals surface area contributed by atoms with Crippen molar-refractivity contribution < 1.29 is 19.1 Å². The van der Waals surface area contributed by atoms with Gasteiger partial charge < -0.3 is 4.74 Å². The van der Waals surface area contributed by atoms with Crippen LogP contribution in [0.25, 0.3) is 6.08 Å². The van der Waals surface area contributed by atoms with E-state index >= 15 is 0 Å². The maximum atomic E-state index is 12.9. The normalized spacial score (nSPS) is 15.9. The summed E-state index contributed by atoms with van der Waals surface area (Å²) >= 11 is 3.31. The Morgan fingerprint density at radius 1 is 1.07 bits per heavy atom. The van der Waals surface area contributed by atoms with E-state index < -0.39 is 17.8 Å². The molecule has 1 saturated heterocycles. The number of para-hydroxylation sites is 1. The van der Waals surface area contributed by atoms with E-state index in [0.717, 1.165) is 15.8 Å². The van der Waals surface area contributed by atoms with Gasteiger partial charge in [-0.1, -0.05) is 41.1 Å². The van der Waals surface area contributed by atoms with E-state index in [4.69, 9.17) is 4.74 Å². The standard InChI is InChI=1S/C20H17BrN2O4/c1-2-11-27-17-6-4-3-5-13(17)12-16-18(24)22-20(26)23(19(16)25)15-9-7-14(21)8-10-15/h3-10,12H,2,11H2,1H3,(H,22,24,26)/b16-12+. The van der Waals surface area contributed by atoms with Gasteiger partial charge in [0, 0.05) is 10.0 Å². The molecule has 7 heteroatoms.